The highest BCUT2D eigenvalue weighted by Crippen LogP contribution is 2.30. The average Bonchev–Trinajstić information content (AvgIpc) is 2.64. The average molecular weight is 453 g/mol. The van der Waals surface area contributed by atoms with Gasteiger partial charge in [0.05, 0.1) is 18.5 Å². The molecule has 2 rings (SSSR count). The van der Waals surface area contributed by atoms with Crippen LogP contribution in [0.5, 0.6) is 5.75 Å². The van der Waals surface area contributed by atoms with Gasteiger partial charge in [-0.1, -0.05) is 56.6 Å². The molecule has 0 unspecified atom stereocenters. The number of benzene rings is 2. The quantitative estimate of drug-likeness (QED) is 0.616. The molecule has 0 heterocycles. The molecule has 0 atom stereocenters. The lowest BCUT2D eigenvalue weighted by Gasteiger charge is -2.24. The van der Waals surface area contributed by atoms with E-state index in [-0.39, 0.29) is 25.1 Å². The number of anilines is 1. The number of carbonyl (C=O) groups excluding carboxylic acids is 1. The van der Waals surface area contributed by atoms with Crippen molar-refractivity contribution in [2.45, 2.75) is 33.1 Å². The van der Waals surface area contributed by atoms with E-state index in [0.29, 0.717) is 16.3 Å². The Bertz CT molecular complexity index is 1000. The maximum absolute atomic E-state index is 12.4. The number of rotatable bonds is 8. The lowest BCUT2D eigenvalue weighted by atomic mass is 9.86. The Morgan fingerprint density at radius 2 is 1.83 bits per heavy atom. The summed E-state index contributed by atoms with van der Waals surface area (Å²) in [6.07, 6.45) is 1.06. The number of hydrogen-bond donors (Lipinski definition) is 1. The maximum atomic E-state index is 12.4. The second kappa shape index (κ2) is 9.71. The summed E-state index contributed by atoms with van der Waals surface area (Å²) in [7, 11) is -3.67. The van der Waals surface area contributed by atoms with E-state index in [9.17, 15) is 13.2 Å². The van der Waals surface area contributed by atoms with Crippen molar-refractivity contribution in [1.29, 1.82) is 0 Å². The van der Waals surface area contributed by atoms with Gasteiger partial charge in [-0.25, -0.2) is 8.42 Å². The highest BCUT2D eigenvalue weighted by atomic mass is 35.5. The second-order valence-electron chi connectivity index (χ2n) is 8.15. The third kappa shape index (κ3) is 6.64. The van der Waals surface area contributed by atoms with Crippen molar-refractivity contribution in [2.75, 3.05) is 30.3 Å². The first kappa shape index (κ1) is 24.0. The normalized spacial score (nSPS) is 11.8. The van der Waals surface area contributed by atoms with Crippen LogP contribution in [-0.2, 0) is 20.2 Å². The van der Waals surface area contributed by atoms with E-state index in [1.165, 1.54) is 6.07 Å². The van der Waals surface area contributed by atoms with Gasteiger partial charge in [0, 0.05) is 5.02 Å². The number of amides is 1. The van der Waals surface area contributed by atoms with Gasteiger partial charge >= 0.3 is 0 Å². The SMILES string of the molecule is Cc1ccc(Cl)cc1N(CC(=O)NCCOc1ccccc1C(C)(C)C)S(C)(=O)=O. The molecule has 0 aromatic heterocycles. The zero-order chi connectivity index (χ0) is 22.5. The predicted octanol–water partition coefficient (Wildman–Crippen LogP) is 3.91. The van der Waals surface area contributed by atoms with Crippen LogP contribution < -0.4 is 14.4 Å². The van der Waals surface area contributed by atoms with Crippen LogP contribution in [0, 0.1) is 6.92 Å². The van der Waals surface area contributed by atoms with E-state index in [1.807, 2.05) is 24.3 Å². The van der Waals surface area contributed by atoms with Crippen molar-refractivity contribution in [3.63, 3.8) is 0 Å². The van der Waals surface area contributed by atoms with E-state index >= 15 is 0 Å². The zero-order valence-corrected chi connectivity index (χ0v) is 19.6. The molecule has 0 spiro atoms. The third-order valence-electron chi connectivity index (χ3n) is 4.50. The molecule has 0 saturated carbocycles. The summed E-state index contributed by atoms with van der Waals surface area (Å²) in [4.78, 5) is 12.4. The van der Waals surface area contributed by atoms with Gasteiger partial charge in [-0.05, 0) is 41.7 Å². The predicted molar refractivity (Wildman–Crippen MR) is 122 cm³/mol. The first-order valence-electron chi connectivity index (χ1n) is 9.62. The van der Waals surface area contributed by atoms with E-state index in [0.717, 1.165) is 21.9 Å². The van der Waals surface area contributed by atoms with E-state index in [2.05, 4.69) is 26.1 Å². The number of carbonyl (C=O) groups is 1. The molecule has 0 aliphatic carbocycles. The summed E-state index contributed by atoms with van der Waals surface area (Å²) in [5.41, 5.74) is 2.11. The minimum absolute atomic E-state index is 0.0648. The number of hydrogen-bond acceptors (Lipinski definition) is 4. The Morgan fingerprint density at radius 1 is 1.17 bits per heavy atom. The van der Waals surface area contributed by atoms with Crippen LogP contribution in [0.4, 0.5) is 5.69 Å². The third-order valence-corrected chi connectivity index (χ3v) is 5.87. The Morgan fingerprint density at radius 3 is 2.47 bits per heavy atom. The molecule has 8 heteroatoms. The van der Waals surface area contributed by atoms with Crippen molar-refractivity contribution in [1.82, 2.24) is 5.32 Å². The molecule has 164 valence electrons. The van der Waals surface area contributed by atoms with Crippen LogP contribution in [0.25, 0.3) is 0 Å². The van der Waals surface area contributed by atoms with Gasteiger partial charge in [0.1, 0.15) is 18.9 Å². The summed E-state index contributed by atoms with van der Waals surface area (Å²) in [6.45, 7) is 8.27. The van der Waals surface area contributed by atoms with Gasteiger partial charge in [-0.15, -0.1) is 0 Å². The molecule has 2 aromatic rings. The molecule has 1 N–H and O–H groups in total. The smallest absolute Gasteiger partial charge is 0.240 e. The molecule has 0 fully saturated rings. The lowest BCUT2D eigenvalue weighted by Crippen LogP contribution is -2.41. The Hall–Kier alpha value is -2.25. The molecule has 0 radical (unpaired) electrons. The van der Waals surface area contributed by atoms with Crippen molar-refractivity contribution >= 4 is 33.2 Å². The first-order chi connectivity index (χ1) is 13.9. The highest BCUT2D eigenvalue weighted by molar-refractivity contribution is 7.92. The second-order valence-corrected chi connectivity index (χ2v) is 10.5. The van der Waals surface area contributed by atoms with Crippen molar-refractivity contribution in [3.8, 4) is 5.75 Å². The highest BCUT2D eigenvalue weighted by Gasteiger charge is 2.23. The molecule has 0 aliphatic heterocycles. The minimum Gasteiger partial charge on any atom is -0.491 e. The van der Waals surface area contributed by atoms with Gasteiger partial charge in [0.2, 0.25) is 15.9 Å². The summed E-state index contributed by atoms with van der Waals surface area (Å²) in [5.74, 6) is 0.346. The Balaban J connectivity index is 1.99. The van der Waals surface area contributed by atoms with Gasteiger partial charge in [-0.2, -0.15) is 0 Å². The molecule has 0 saturated heterocycles. The van der Waals surface area contributed by atoms with Crippen LogP contribution in [0.3, 0.4) is 0 Å². The van der Waals surface area contributed by atoms with Crippen molar-refractivity contribution < 1.29 is 17.9 Å². The number of para-hydroxylation sites is 1. The molecule has 6 nitrogen and oxygen atoms in total. The van der Waals surface area contributed by atoms with Gasteiger partial charge < -0.3 is 10.1 Å². The number of nitrogens with one attached hydrogen (secondary N) is 1. The van der Waals surface area contributed by atoms with Gasteiger partial charge in [0.25, 0.3) is 0 Å². The summed E-state index contributed by atoms with van der Waals surface area (Å²) in [6, 6.07) is 12.7. The fourth-order valence-corrected chi connectivity index (χ4v) is 4.05. The van der Waals surface area contributed by atoms with Crippen LogP contribution in [0.2, 0.25) is 5.02 Å². The molecule has 0 aliphatic rings. The zero-order valence-electron chi connectivity index (χ0n) is 18.0. The molecule has 2 aromatic carbocycles. The van der Waals surface area contributed by atoms with Crippen LogP contribution in [-0.4, -0.2) is 40.3 Å². The monoisotopic (exact) mass is 452 g/mol. The molecular formula is C22H29ClN2O4S. The van der Waals surface area contributed by atoms with Gasteiger partial charge in [0.15, 0.2) is 0 Å². The number of aryl methyl sites for hydroxylation is 1. The van der Waals surface area contributed by atoms with Crippen LogP contribution in [0.1, 0.15) is 31.9 Å². The minimum atomic E-state index is -3.67. The fraction of sp³-hybridized carbons (Fsp3) is 0.409. The van der Waals surface area contributed by atoms with Crippen LogP contribution >= 0.6 is 11.6 Å². The van der Waals surface area contributed by atoms with E-state index in [1.54, 1.807) is 19.1 Å². The molecular weight excluding hydrogens is 424 g/mol. The topological polar surface area (TPSA) is 75.7 Å². The van der Waals surface area contributed by atoms with Crippen molar-refractivity contribution in [3.05, 3.63) is 58.6 Å². The largest absolute Gasteiger partial charge is 0.491 e. The Labute approximate surface area is 184 Å². The lowest BCUT2D eigenvalue weighted by molar-refractivity contribution is -0.119. The van der Waals surface area contributed by atoms with Crippen molar-refractivity contribution in [2.24, 2.45) is 0 Å². The molecule has 0 bridgehead atoms. The summed E-state index contributed by atoms with van der Waals surface area (Å²) < 4.78 is 31.4. The number of halogens is 1. The van der Waals surface area contributed by atoms with Gasteiger partial charge in [-0.3, -0.25) is 9.10 Å². The number of ether oxygens (including phenoxy) is 1. The Kier molecular flexibility index (Phi) is 7.77. The molecule has 1 amide bonds. The number of nitrogens with zero attached hydrogens (tertiary/aromatic N) is 1. The van der Waals surface area contributed by atoms with Crippen LogP contribution in [0.15, 0.2) is 42.5 Å². The summed E-state index contributed by atoms with van der Waals surface area (Å²) >= 11 is 6.01. The summed E-state index contributed by atoms with van der Waals surface area (Å²) in [5, 5.41) is 3.11. The number of sulfonamides is 1. The maximum Gasteiger partial charge on any atom is 0.240 e. The first-order valence-corrected chi connectivity index (χ1v) is 11.8. The fourth-order valence-electron chi connectivity index (χ4n) is 2.98. The van der Waals surface area contributed by atoms with E-state index < -0.39 is 15.9 Å². The molecule has 30 heavy (non-hydrogen) atoms. The standard InChI is InChI=1S/C22H29ClN2O4S/c1-16-10-11-17(23)14-19(16)25(30(5,27)28)15-21(26)24-12-13-29-20-9-7-6-8-18(20)22(2,3)4/h6-11,14H,12-13,15H2,1-5H3,(H,24,26). The van der Waals surface area contributed by atoms with E-state index in [4.69, 9.17) is 16.3 Å².